The average molecular weight is 385 g/mol. The van der Waals surface area contributed by atoms with Crippen LogP contribution >= 0.6 is 15.9 Å². The van der Waals surface area contributed by atoms with Crippen LogP contribution in [0.2, 0.25) is 0 Å². The van der Waals surface area contributed by atoms with Crippen molar-refractivity contribution in [3.63, 3.8) is 0 Å². The summed E-state index contributed by atoms with van der Waals surface area (Å²) in [6, 6.07) is 3.96. The number of amides is 1. The maximum Gasteiger partial charge on any atom is 0.410 e. The number of pyridine rings is 1. The van der Waals surface area contributed by atoms with E-state index in [1.165, 1.54) is 0 Å². The van der Waals surface area contributed by atoms with E-state index in [0.717, 1.165) is 36.0 Å². The van der Waals surface area contributed by atoms with Crippen LogP contribution in [-0.4, -0.2) is 40.8 Å². The Morgan fingerprint density at radius 1 is 1.39 bits per heavy atom. The van der Waals surface area contributed by atoms with Crippen LogP contribution in [0, 0.1) is 0 Å². The van der Waals surface area contributed by atoms with E-state index in [9.17, 15) is 4.79 Å². The summed E-state index contributed by atoms with van der Waals surface area (Å²) in [7, 11) is 0. The standard InChI is InChI=1S/C17H25BrN2O3/c1-17(2,3)23-16(21)20-9-5-4-6-14(20)12-22-11-13-7-8-15(18)19-10-13/h7-8,10,14H,4-6,9,11-12H2,1-3H3/t14-/m1/s1. The number of piperidine rings is 1. The van der Waals surface area contributed by atoms with Gasteiger partial charge >= 0.3 is 6.09 Å². The summed E-state index contributed by atoms with van der Waals surface area (Å²) in [5, 5.41) is 0. The van der Waals surface area contributed by atoms with Crippen LogP contribution in [0.5, 0.6) is 0 Å². The van der Waals surface area contributed by atoms with Gasteiger partial charge in [-0.25, -0.2) is 9.78 Å². The number of hydrogen-bond acceptors (Lipinski definition) is 4. The number of ether oxygens (including phenoxy) is 2. The van der Waals surface area contributed by atoms with E-state index in [2.05, 4.69) is 20.9 Å². The van der Waals surface area contributed by atoms with Gasteiger partial charge in [0.2, 0.25) is 0 Å². The van der Waals surface area contributed by atoms with Crippen LogP contribution in [-0.2, 0) is 16.1 Å². The molecule has 0 bridgehead atoms. The van der Waals surface area contributed by atoms with Crippen molar-refractivity contribution in [3.05, 3.63) is 28.5 Å². The maximum absolute atomic E-state index is 12.3. The minimum absolute atomic E-state index is 0.0852. The molecule has 0 aliphatic carbocycles. The topological polar surface area (TPSA) is 51.7 Å². The lowest BCUT2D eigenvalue weighted by Crippen LogP contribution is -2.48. The van der Waals surface area contributed by atoms with Gasteiger partial charge in [0.1, 0.15) is 10.2 Å². The van der Waals surface area contributed by atoms with E-state index in [-0.39, 0.29) is 12.1 Å². The number of nitrogens with zero attached hydrogens (tertiary/aromatic N) is 2. The highest BCUT2D eigenvalue weighted by atomic mass is 79.9. The van der Waals surface area contributed by atoms with Gasteiger partial charge in [0, 0.05) is 12.7 Å². The van der Waals surface area contributed by atoms with Crippen molar-refractivity contribution in [1.29, 1.82) is 0 Å². The fourth-order valence-electron chi connectivity index (χ4n) is 2.54. The number of carbonyl (C=O) groups is 1. The third-order valence-corrected chi connectivity index (χ3v) is 4.09. The molecular formula is C17H25BrN2O3. The summed E-state index contributed by atoms with van der Waals surface area (Å²) >= 11 is 3.31. The molecule has 6 heteroatoms. The molecule has 2 rings (SSSR count). The van der Waals surface area contributed by atoms with Crippen molar-refractivity contribution in [2.75, 3.05) is 13.2 Å². The maximum atomic E-state index is 12.3. The van der Waals surface area contributed by atoms with Gasteiger partial charge < -0.3 is 14.4 Å². The van der Waals surface area contributed by atoms with Crippen molar-refractivity contribution in [3.8, 4) is 0 Å². The van der Waals surface area contributed by atoms with Gasteiger partial charge in [0.25, 0.3) is 0 Å². The second-order valence-corrected chi connectivity index (χ2v) is 7.64. The Labute approximate surface area is 146 Å². The molecule has 23 heavy (non-hydrogen) atoms. The zero-order valence-corrected chi connectivity index (χ0v) is 15.6. The largest absolute Gasteiger partial charge is 0.444 e. The number of carbonyl (C=O) groups excluding carboxylic acids is 1. The Balaban J connectivity index is 1.86. The molecule has 5 nitrogen and oxygen atoms in total. The highest BCUT2D eigenvalue weighted by molar-refractivity contribution is 9.10. The lowest BCUT2D eigenvalue weighted by Gasteiger charge is -2.36. The first-order valence-corrected chi connectivity index (χ1v) is 8.82. The molecule has 0 N–H and O–H groups in total. The summed E-state index contributed by atoms with van der Waals surface area (Å²) < 4.78 is 12.1. The van der Waals surface area contributed by atoms with Gasteiger partial charge in [-0.1, -0.05) is 6.07 Å². The van der Waals surface area contributed by atoms with Gasteiger partial charge in [-0.15, -0.1) is 0 Å². The van der Waals surface area contributed by atoms with Crippen molar-refractivity contribution in [2.45, 2.75) is 58.3 Å². The lowest BCUT2D eigenvalue weighted by atomic mass is 10.0. The third kappa shape index (κ3) is 6.11. The number of rotatable bonds is 4. The first-order chi connectivity index (χ1) is 10.8. The van der Waals surface area contributed by atoms with Gasteiger partial charge in [0.15, 0.2) is 0 Å². The fourth-order valence-corrected chi connectivity index (χ4v) is 2.77. The zero-order valence-electron chi connectivity index (χ0n) is 14.0. The zero-order chi connectivity index (χ0) is 16.9. The van der Waals surface area contributed by atoms with Crippen LogP contribution in [0.15, 0.2) is 22.9 Å². The van der Waals surface area contributed by atoms with E-state index in [1.54, 1.807) is 6.20 Å². The molecule has 1 aliphatic rings. The molecule has 128 valence electrons. The molecule has 2 heterocycles. The summed E-state index contributed by atoms with van der Waals surface area (Å²) in [4.78, 5) is 18.3. The molecule has 0 radical (unpaired) electrons. The summed E-state index contributed by atoms with van der Waals surface area (Å²) in [5.41, 5.74) is 0.552. The third-order valence-electron chi connectivity index (χ3n) is 3.62. The number of halogens is 1. The normalized spacial score (nSPS) is 18.8. The van der Waals surface area contributed by atoms with E-state index in [1.807, 2.05) is 37.8 Å². The van der Waals surface area contributed by atoms with E-state index < -0.39 is 5.60 Å². The molecule has 1 aliphatic heterocycles. The van der Waals surface area contributed by atoms with Crippen LogP contribution in [0.4, 0.5) is 4.79 Å². The molecule has 1 saturated heterocycles. The first-order valence-electron chi connectivity index (χ1n) is 8.03. The fraction of sp³-hybridized carbons (Fsp3) is 0.647. The number of hydrogen-bond donors (Lipinski definition) is 0. The Morgan fingerprint density at radius 3 is 2.83 bits per heavy atom. The molecule has 0 aromatic carbocycles. The predicted octanol–water partition coefficient (Wildman–Crippen LogP) is 4.15. The van der Waals surface area contributed by atoms with Crippen LogP contribution in [0.3, 0.4) is 0 Å². The van der Waals surface area contributed by atoms with Gasteiger partial charge in [-0.05, 0) is 67.6 Å². The monoisotopic (exact) mass is 384 g/mol. The minimum Gasteiger partial charge on any atom is -0.444 e. The molecule has 0 unspecified atom stereocenters. The van der Waals surface area contributed by atoms with Crippen molar-refractivity contribution in [1.82, 2.24) is 9.88 Å². The minimum atomic E-state index is -0.469. The van der Waals surface area contributed by atoms with Gasteiger partial charge in [0.05, 0.1) is 19.3 Å². The van der Waals surface area contributed by atoms with Crippen molar-refractivity contribution < 1.29 is 14.3 Å². The lowest BCUT2D eigenvalue weighted by molar-refractivity contribution is -0.00999. The smallest absolute Gasteiger partial charge is 0.410 e. The first kappa shape index (κ1) is 18.2. The molecule has 1 aromatic rings. The summed E-state index contributed by atoms with van der Waals surface area (Å²) in [6.07, 6.45) is 4.64. The van der Waals surface area contributed by atoms with Crippen molar-refractivity contribution in [2.24, 2.45) is 0 Å². The van der Waals surface area contributed by atoms with Crippen molar-refractivity contribution >= 4 is 22.0 Å². The average Bonchev–Trinajstić information content (AvgIpc) is 2.48. The predicted molar refractivity (Wildman–Crippen MR) is 92.2 cm³/mol. The Bertz CT molecular complexity index is 514. The quantitative estimate of drug-likeness (QED) is 0.731. The molecular weight excluding hydrogens is 360 g/mol. The molecule has 1 fully saturated rings. The molecule has 0 saturated carbocycles. The second kappa shape index (κ2) is 8.11. The van der Waals surface area contributed by atoms with Crippen LogP contribution in [0.1, 0.15) is 45.6 Å². The Morgan fingerprint density at radius 2 is 2.17 bits per heavy atom. The second-order valence-electron chi connectivity index (χ2n) is 6.83. The molecule has 1 atom stereocenters. The summed E-state index contributed by atoms with van der Waals surface area (Å²) in [6.45, 7) is 7.43. The molecule has 1 aromatic heterocycles. The van der Waals surface area contributed by atoms with Gasteiger partial charge in [-0.2, -0.15) is 0 Å². The van der Waals surface area contributed by atoms with E-state index in [0.29, 0.717) is 13.2 Å². The van der Waals surface area contributed by atoms with E-state index >= 15 is 0 Å². The summed E-state index contributed by atoms with van der Waals surface area (Å²) in [5.74, 6) is 0. The number of aromatic nitrogens is 1. The molecule has 1 amide bonds. The highest BCUT2D eigenvalue weighted by Crippen LogP contribution is 2.21. The van der Waals surface area contributed by atoms with Gasteiger partial charge in [-0.3, -0.25) is 0 Å². The Hall–Kier alpha value is -1.14. The Kier molecular flexibility index (Phi) is 6.41. The van der Waals surface area contributed by atoms with E-state index in [4.69, 9.17) is 9.47 Å². The SMILES string of the molecule is CC(C)(C)OC(=O)N1CCCC[C@@H]1COCc1ccc(Br)nc1. The number of likely N-dealkylation sites (tertiary alicyclic amines) is 1. The van der Waals surface area contributed by atoms with Crippen LogP contribution < -0.4 is 0 Å². The molecule has 0 spiro atoms. The van der Waals surface area contributed by atoms with Crippen LogP contribution in [0.25, 0.3) is 0 Å². The highest BCUT2D eigenvalue weighted by Gasteiger charge is 2.30.